The number of anilines is 1. The molecule has 2 bridgehead atoms. The van der Waals surface area contributed by atoms with Crippen molar-refractivity contribution in [3.63, 3.8) is 0 Å². The zero-order valence-corrected chi connectivity index (χ0v) is 13.0. The lowest BCUT2D eigenvalue weighted by atomic mass is 9.85. The second-order valence-corrected chi connectivity index (χ2v) is 6.79. The predicted octanol–water partition coefficient (Wildman–Crippen LogP) is 3.25. The van der Waals surface area contributed by atoms with Gasteiger partial charge >= 0.3 is 0 Å². The van der Waals surface area contributed by atoms with Crippen LogP contribution in [0, 0.1) is 30.6 Å². The molecular weight excluding hydrogens is 274 g/mol. The largest absolute Gasteiger partial charge is 0.274 e. The maximum Gasteiger partial charge on any atom is 0.238 e. The molecule has 1 aromatic rings. The Morgan fingerprint density at radius 3 is 2.09 bits per heavy atom. The molecule has 1 heterocycles. The molecule has 112 valence electrons. The Balaban J connectivity index is 1.78. The van der Waals surface area contributed by atoms with E-state index in [-0.39, 0.29) is 35.5 Å². The van der Waals surface area contributed by atoms with Gasteiger partial charge in [0.05, 0.1) is 17.5 Å². The van der Waals surface area contributed by atoms with Crippen molar-refractivity contribution in [3.8, 4) is 0 Å². The van der Waals surface area contributed by atoms with Gasteiger partial charge in [-0.3, -0.25) is 9.59 Å². The minimum Gasteiger partial charge on any atom is -0.274 e. The average Bonchev–Trinajstić information content (AvgIpc) is 3.09. The van der Waals surface area contributed by atoms with E-state index in [1.165, 1.54) is 16.0 Å². The first-order valence-electron chi connectivity index (χ1n) is 7.81. The Morgan fingerprint density at radius 2 is 1.59 bits per heavy atom. The van der Waals surface area contributed by atoms with Crippen LogP contribution in [0.25, 0.3) is 0 Å². The molecule has 0 radical (unpaired) electrons. The highest BCUT2D eigenvalue weighted by Crippen LogP contribution is 2.57. The Morgan fingerprint density at radius 1 is 1.00 bits per heavy atom. The van der Waals surface area contributed by atoms with Gasteiger partial charge in [0.15, 0.2) is 0 Å². The summed E-state index contributed by atoms with van der Waals surface area (Å²) in [6.45, 7) is 6.13. The molecule has 3 aliphatic rings. The number of allylic oxidation sites excluding steroid dienone is 4. The number of hydrogen-bond acceptors (Lipinski definition) is 2. The van der Waals surface area contributed by atoms with Gasteiger partial charge in [0, 0.05) is 11.8 Å². The fraction of sp³-hybridized carbons (Fsp3) is 0.368. The molecule has 2 fully saturated rings. The van der Waals surface area contributed by atoms with E-state index in [0.29, 0.717) is 5.69 Å². The zero-order valence-electron chi connectivity index (χ0n) is 13.0. The highest BCUT2D eigenvalue weighted by atomic mass is 16.2. The van der Waals surface area contributed by atoms with Crippen LogP contribution in [0.1, 0.15) is 19.4 Å². The molecule has 1 aromatic carbocycles. The van der Waals surface area contributed by atoms with Gasteiger partial charge in [-0.2, -0.15) is 0 Å². The summed E-state index contributed by atoms with van der Waals surface area (Å²) in [7, 11) is 0. The fourth-order valence-electron chi connectivity index (χ4n) is 4.45. The van der Waals surface area contributed by atoms with Gasteiger partial charge in [-0.25, -0.2) is 4.90 Å². The molecule has 3 heteroatoms. The van der Waals surface area contributed by atoms with Crippen LogP contribution in [-0.2, 0) is 9.59 Å². The zero-order chi connectivity index (χ0) is 15.6. The molecular formula is C19H19NO2. The number of imide groups is 1. The van der Waals surface area contributed by atoms with Crippen molar-refractivity contribution in [2.75, 3.05) is 4.90 Å². The van der Waals surface area contributed by atoms with E-state index in [1.54, 1.807) is 0 Å². The SMILES string of the molecule is CC(C)=C1[C@H]2C=C[C@H]1[C@@H]1C(=O)N(c3cccc(C)c3)C(=O)[C@H]12. The Hall–Kier alpha value is -2.16. The Labute approximate surface area is 130 Å². The third-order valence-corrected chi connectivity index (χ3v) is 5.25. The molecule has 1 saturated carbocycles. The highest BCUT2D eigenvalue weighted by molar-refractivity contribution is 6.23. The van der Waals surface area contributed by atoms with Crippen LogP contribution in [0.5, 0.6) is 0 Å². The first kappa shape index (κ1) is 13.5. The van der Waals surface area contributed by atoms with Crippen molar-refractivity contribution in [1.29, 1.82) is 0 Å². The molecule has 1 saturated heterocycles. The van der Waals surface area contributed by atoms with Crippen molar-refractivity contribution in [1.82, 2.24) is 0 Å². The number of hydrogen-bond donors (Lipinski definition) is 0. The van der Waals surface area contributed by atoms with E-state index in [2.05, 4.69) is 26.0 Å². The number of carbonyl (C=O) groups is 2. The number of rotatable bonds is 1. The van der Waals surface area contributed by atoms with Gasteiger partial charge in [-0.15, -0.1) is 0 Å². The quantitative estimate of drug-likeness (QED) is 0.589. The number of fused-ring (bicyclic) bond motifs is 5. The van der Waals surface area contributed by atoms with Crippen LogP contribution < -0.4 is 4.90 Å². The number of carbonyl (C=O) groups excluding carboxylic acids is 2. The lowest BCUT2D eigenvalue weighted by molar-refractivity contribution is -0.122. The van der Waals surface area contributed by atoms with Crippen LogP contribution in [0.3, 0.4) is 0 Å². The number of benzene rings is 1. The number of amides is 2. The van der Waals surface area contributed by atoms with E-state index in [1.807, 2.05) is 31.2 Å². The maximum absolute atomic E-state index is 12.9. The van der Waals surface area contributed by atoms with E-state index in [9.17, 15) is 9.59 Å². The van der Waals surface area contributed by atoms with Gasteiger partial charge < -0.3 is 0 Å². The average molecular weight is 293 g/mol. The third-order valence-electron chi connectivity index (χ3n) is 5.25. The summed E-state index contributed by atoms with van der Waals surface area (Å²) in [4.78, 5) is 27.2. The van der Waals surface area contributed by atoms with Gasteiger partial charge in [0.1, 0.15) is 0 Å². The Kier molecular flexibility index (Phi) is 2.71. The van der Waals surface area contributed by atoms with Crippen LogP contribution in [0.2, 0.25) is 0 Å². The van der Waals surface area contributed by atoms with Crippen molar-refractivity contribution >= 4 is 17.5 Å². The summed E-state index contributed by atoms with van der Waals surface area (Å²) in [5.74, 6) is -0.231. The lowest BCUT2D eigenvalue weighted by Gasteiger charge is -2.19. The van der Waals surface area contributed by atoms with Crippen molar-refractivity contribution < 1.29 is 9.59 Å². The van der Waals surface area contributed by atoms with Crippen LogP contribution >= 0.6 is 0 Å². The van der Waals surface area contributed by atoms with E-state index < -0.39 is 0 Å². The molecule has 2 amide bonds. The smallest absolute Gasteiger partial charge is 0.238 e. The van der Waals surface area contributed by atoms with Crippen molar-refractivity contribution in [3.05, 3.63) is 53.1 Å². The lowest BCUT2D eigenvalue weighted by Crippen LogP contribution is -2.33. The van der Waals surface area contributed by atoms with Gasteiger partial charge in [0.25, 0.3) is 0 Å². The fourth-order valence-corrected chi connectivity index (χ4v) is 4.45. The first-order chi connectivity index (χ1) is 10.5. The molecule has 1 aliphatic heterocycles. The van der Waals surface area contributed by atoms with Gasteiger partial charge in [-0.1, -0.05) is 35.4 Å². The normalized spacial score (nSPS) is 32.1. The standard InChI is InChI=1S/C19H19NO2/c1-10(2)15-13-7-8-14(15)17-16(13)18(21)20(19(17)22)12-6-4-5-11(3)9-12/h4-9,13-14,16-17H,1-3H3/t13-,14-,16+,17+/m1/s1. The van der Waals surface area contributed by atoms with E-state index >= 15 is 0 Å². The van der Waals surface area contributed by atoms with Crippen LogP contribution in [-0.4, -0.2) is 11.8 Å². The number of nitrogens with zero attached hydrogens (tertiary/aromatic N) is 1. The van der Waals surface area contributed by atoms with Crippen molar-refractivity contribution in [2.24, 2.45) is 23.7 Å². The minimum absolute atomic E-state index is 0.0313. The van der Waals surface area contributed by atoms with Crippen LogP contribution in [0.15, 0.2) is 47.6 Å². The summed E-state index contributed by atoms with van der Waals surface area (Å²) >= 11 is 0. The van der Waals surface area contributed by atoms with E-state index in [4.69, 9.17) is 0 Å². The molecule has 0 unspecified atom stereocenters. The van der Waals surface area contributed by atoms with E-state index in [0.717, 1.165) is 5.56 Å². The summed E-state index contributed by atoms with van der Waals surface area (Å²) < 4.78 is 0. The van der Waals surface area contributed by atoms with Gasteiger partial charge in [-0.05, 0) is 38.5 Å². The topological polar surface area (TPSA) is 37.4 Å². The molecule has 0 N–H and O–H groups in total. The second kappa shape index (κ2) is 4.42. The third kappa shape index (κ3) is 1.57. The maximum atomic E-state index is 12.9. The summed E-state index contributed by atoms with van der Waals surface area (Å²) in [6.07, 6.45) is 4.25. The molecule has 22 heavy (non-hydrogen) atoms. The number of aryl methyl sites for hydroxylation is 1. The second-order valence-electron chi connectivity index (χ2n) is 6.79. The monoisotopic (exact) mass is 293 g/mol. The first-order valence-corrected chi connectivity index (χ1v) is 7.81. The molecule has 4 rings (SSSR count). The molecule has 3 nitrogen and oxygen atoms in total. The predicted molar refractivity (Wildman–Crippen MR) is 85.1 cm³/mol. The molecule has 0 spiro atoms. The van der Waals surface area contributed by atoms with Crippen LogP contribution in [0.4, 0.5) is 5.69 Å². The summed E-state index contributed by atoms with van der Waals surface area (Å²) in [5.41, 5.74) is 4.31. The summed E-state index contributed by atoms with van der Waals surface area (Å²) in [5, 5.41) is 0. The minimum atomic E-state index is -0.201. The van der Waals surface area contributed by atoms with Crippen molar-refractivity contribution in [2.45, 2.75) is 20.8 Å². The van der Waals surface area contributed by atoms with Gasteiger partial charge in [0.2, 0.25) is 11.8 Å². The molecule has 4 atom stereocenters. The highest BCUT2D eigenvalue weighted by Gasteiger charge is 2.61. The summed E-state index contributed by atoms with van der Waals surface area (Å²) in [6, 6.07) is 7.63. The Bertz CT molecular complexity index is 720. The molecule has 2 aliphatic carbocycles. The molecule has 0 aromatic heterocycles.